The zero-order valence-corrected chi connectivity index (χ0v) is 15.1. The Morgan fingerprint density at radius 1 is 1.08 bits per heavy atom. The number of nitrogens with zero attached hydrogens (tertiary/aromatic N) is 3. The topological polar surface area (TPSA) is 66.7 Å². The van der Waals surface area contributed by atoms with Gasteiger partial charge in [-0.25, -0.2) is 0 Å². The van der Waals surface area contributed by atoms with E-state index in [4.69, 9.17) is 11.6 Å². The number of amides is 1. The molecular formula is C19H20ClN3O3. The van der Waals surface area contributed by atoms with Crippen LogP contribution in [-0.4, -0.2) is 46.8 Å². The first-order valence-electron chi connectivity index (χ1n) is 8.54. The monoisotopic (exact) mass is 373 g/mol. The molecule has 1 amide bonds. The summed E-state index contributed by atoms with van der Waals surface area (Å²) in [5.74, 6) is -0.250. The molecular weight excluding hydrogens is 354 g/mol. The number of nitro groups is 1. The maximum atomic E-state index is 12.8. The van der Waals surface area contributed by atoms with Gasteiger partial charge in [0.2, 0.25) is 0 Å². The van der Waals surface area contributed by atoms with Gasteiger partial charge in [-0.1, -0.05) is 41.9 Å². The Morgan fingerprint density at radius 2 is 1.85 bits per heavy atom. The first kappa shape index (κ1) is 18.4. The maximum absolute atomic E-state index is 12.8. The molecule has 0 N–H and O–H groups in total. The molecule has 0 bridgehead atoms. The fourth-order valence-corrected chi connectivity index (χ4v) is 3.33. The molecule has 0 aromatic heterocycles. The summed E-state index contributed by atoms with van der Waals surface area (Å²) in [5, 5.41) is 11.2. The van der Waals surface area contributed by atoms with Crippen molar-refractivity contribution < 1.29 is 9.72 Å². The summed E-state index contributed by atoms with van der Waals surface area (Å²) in [6.07, 6.45) is 0.852. The van der Waals surface area contributed by atoms with Gasteiger partial charge in [0.15, 0.2) is 0 Å². The molecule has 1 aliphatic rings. The number of carbonyl (C=O) groups excluding carboxylic acids is 1. The van der Waals surface area contributed by atoms with Gasteiger partial charge < -0.3 is 4.90 Å². The third-order valence-corrected chi connectivity index (χ3v) is 4.85. The fourth-order valence-electron chi connectivity index (χ4n) is 3.13. The largest absolute Gasteiger partial charge is 0.337 e. The number of carbonyl (C=O) groups is 1. The lowest BCUT2D eigenvalue weighted by atomic mass is 10.1. The van der Waals surface area contributed by atoms with E-state index in [1.54, 1.807) is 4.90 Å². The van der Waals surface area contributed by atoms with E-state index in [2.05, 4.69) is 17.0 Å². The molecule has 0 saturated carbocycles. The van der Waals surface area contributed by atoms with Crippen molar-refractivity contribution in [2.45, 2.75) is 13.0 Å². The van der Waals surface area contributed by atoms with Gasteiger partial charge in [-0.3, -0.25) is 19.8 Å². The number of hydrogen-bond donors (Lipinski definition) is 0. The van der Waals surface area contributed by atoms with E-state index in [1.807, 2.05) is 18.2 Å². The van der Waals surface area contributed by atoms with Crippen LogP contribution < -0.4 is 0 Å². The smallest absolute Gasteiger partial charge is 0.270 e. The highest BCUT2D eigenvalue weighted by molar-refractivity contribution is 6.33. The van der Waals surface area contributed by atoms with Crippen LogP contribution in [0, 0.1) is 10.1 Å². The van der Waals surface area contributed by atoms with Gasteiger partial charge in [0.25, 0.3) is 11.6 Å². The highest BCUT2D eigenvalue weighted by Crippen LogP contribution is 2.24. The number of non-ortho nitro benzene ring substituents is 1. The SMILES string of the molecule is O=C(c1cc([N+](=O)[O-])ccc1Cl)N1CCCN(Cc2ccccc2)CC1. The lowest BCUT2D eigenvalue weighted by molar-refractivity contribution is -0.384. The van der Waals surface area contributed by atoms with Crippen molar-refractivity contribution in [2.75, 3.05) is 26.2 Å². The Labute approximate surface area is 157 Å². The van der Waals surface area contributed by atoms with Crippen LogP contribution in [0.3, 0.4) is 0 Å². The van der Waals surface area contributed by atoms with Crippen LogP contribution in [0.15, 0.2) is 48.5 Å². The van der Waals surface area contributed by atoms with Gasteiger partial charge >= 0.3 is 0 Å². The van der Waals surface area contributed by atoms with Crippen molar-refractivity contribution in [1.82, 2.24) is 9.80 Å². The summed E-state index contributed by atoms with van der Waals surface area (Å²) in [7, 11) is 0. The molecule has 6 nitrogen and oxygen atoms in total. The molecule has 1 aliphatic heterocycles. The highest BCUT2D eigenvalue weighted by atomic mass is 35.5. The summed E-state index contributed by atoms with van der Waals surface area (Å²) in [6, 6.07) is 14.2. The summed E-state index contributed by atoms with van der Waals surface area (Å²) < 4.78 is 0. The van der Waals surface area contributed by atoms with Crippen molar-refractivity contribution in [2.24, 2.45) is 0 Å². The summed E-state index contributed by atoms with van der Waals surface area (Å²) in [5.41, 5.74) is 1.31. The minimum atomic E-state index is -0.517. The Morgan fingerprint density at radius 3 is 2.58 bits per heavy atom. The van der Waals surface area contributed by atoms with Crippen LogP contribution in [0.5, 0.6) is 0 Å². The Kier molecular flexibility index (Phi) is 5.85. The molecule has 2 aromatic carbocycles. The molecule has 0 spiro atoms. The average molecular weight is 374 g/mol. The van der Waals surface area contributed by atoms with Gasteiger partial charge in [-0.05, 0) is 18.1 Å². The first-order valence-corrected chi connectivity index (χ1v) is 8.92. The Balaban J connectivity index is 1.68. The Hall–Kier alpha value is -2.44. The quantitative estimate of drug-likeness (QED) is 0.606. The van der Waals surface area contributed by atoms with Crippen molar-refractivity contribution in [3.63, 3.8) is 0 Å². The zero-order valence-electron chi connectivity index (χ0n) is 14.3. The number of halogens is 1. The number of rotatable bonds is 4. The predicted molar refractivity (Wildman–Crippen MR) is 100 cm³/mol. The molecule has 136 valence electrons. The van der Waals surface area contributed by atoms with Crippen molar-refractivity contribution in [3.8, 4) is 0 Å². The fraction of sp³-hybridized carbons (Fsp3) is 0.316. The lowest BCUT2D eigenvalue weighted by Crippen LogP contribution is -2.35. The van der Waals surface area contributed by atoms with E-state index in [9.17, 15) is 14.9 Å². The summed E-state index contributed by atoms with van der Waals surface area (Å²) in [4.78, 5) is 27.3. The molecule has 0 radical (unpaired) electrons. The second-order valence-electron chi connectivity index (χ2n) is 6.33. The van der Waals surface area contributed by atoms with Gasteiger partial charge in [-0.15, -0.1) is 0 Å². The van der Waals surface area contributed by atoms with Crippen molar-refractivity contribution >= 4 is 23.2 Å². The molecule has 3 rings (SSSR count). The van der Waals surface area contributed by atoms with E-state index in [0.717, 1.165) is 26.1 Å². The van der Waals surface area contributed by atoms with E-state index in [0.29, 0.717) is 13.1 Å². The standard InChI is InChI=1S/C19H20ClN3O3/c20-18-8-7-16(23(25)26)13-17(18)19(24)22-10-4-9-21(11-12-22)14-15-5-2-1-3-6-15/h1-3,5-8,13H,4,9-12,14H2. The molecule has 1 saturated heterocycles. The van der Waals surface area contributed by atoms with E-state index < -0.39 is 4.92 Å². The zero-order chi connectivity index (χ0) is 18.5. The normalized spacial score (nSPS) is 15.5. The molecule has 1 fully saturated rings. The van der Waals surface area contributed by atoms with Crippen molar-refractivity contribution in [1.29, 1.82) is 0 Å². The molecule has 0 atom stereocenters. The minimum absolute atomic E-state index is 0.127. The van der Waals surface area contributed by atoms with Crippen LogP contribution in [0.4, 0.5) is 5.69 Å². The second kappa shape index (κ2) is 8.29. The number of nitro benzene ring substituents is 1. The molecule has 0 unspecified atom stereocenters. The van der Waals surface area contributed by atoms with Gasteiger partial charge in [0.1, 0.15) is 0 Å². The van der Waals surface area contributed by atoms with Gasteiger partial charge in [0.05, 0.1) is 15.5 Å². The minimum Gasteiger partial charge on any atom is -0.337 e. The maximum Gasteiger partial charge on any atom is 0.270 e. The molecule has 7 heteroatoms. The van der Waals surface area contributed by atoms with Crippen molar-refractivity contribution in [3.05, 3.63) is 74.8 Å². The van der Waals surface area contributed by atoms with E-state index in [-0.39, 0.29) is 22.2 Å². The Bertz CT molecular complexity index is 798. The highest BCUT2D eigenvalue weighted by Gasteiger charge is 2.23. The average Bonchev–Trinajstić information content (AvgIpc) is 2.88. The number of hydrogen-bond acceptors (Lipinski definition) is 4. The molecule has 0 aliphatic carbocycles. The van der Waals surface area contributed by atoms with Crippen LogP contribution in [0.1, 0.15) is 22.3 Å². The summed E-state index contributed by atoms with van der Waals surface area (Å²) in [6.45, 7) is 3.70. The van der Waals surface area contributed by atoms with Gasteiger partial charge in [-0.2, -0.15) is 0 Å². The predicted octanol–water partition coefficient (Wildman–Crippen LogP) is 3.60. The molecule has 26 heavy (non-hydrogen) atoms. The first-order chi connectivity index (χ1) is 12.5. The molecule has 1 heterocycles. The third-order valence-electron chi connectivity index (χ3n) is 4.52. The third kappa shape index (κ3) is 4.39. The van der Waals surface area contributed by atoms with Crippen LogP contribution in [0.25, 0.3) is 0 Å². The van der Waals surface area contributed by atoms with Gasteiger partial charge in [0, 0.05) is 44.9 Å². The van der Waals surface area contributed by atoms with Crippen LogP contribution >= 0.6 is 11.6 Å². The second-order valence-corrected chi connectivity index (χ2v) is 6.74. The molecule has 2 aromatic rings. The summed E-state index contributed by atoms with van der Waals surface area (Å²) >= 11 is 6.11. The van der Waals surface area contributed by atoms with Crippen LogP contribution in [0.2, 0.25) is 5.02 Å². The van der Waals surface area contributed by atoms with E-state index >= 15 is 0 Å². The van der Waals surface area contributed by atoms with E-state index in [1.165, 1.54) is 23.8 Å². The number of benzene rings is 2. The lowest BCUT2D eigenvalue weighted by Gasteiger charge is -2.22. The van der Waals surface area contributed by atoms with Crippen LogP contribution in [-0.2, 0) is 6.54 Å².